The van der Waals surface area contributed by atoms with Crippen molar-refractivity contribution in [3.63, 3.8) is 0 Å². The molecule has 0 aromatic rings. The van der Waals surface area contributed by atoms with Gasteiger partial charge >= 0.3 is 0 Å². The maximum atomic E-state index is 5.59. The zero-order valence-corrected chi connectivity index (χ0v) is 8.32. The number of nitrogens with zero attached hydrogens (tertiary/aromatic N) is 2. The molecule has 1 saturated carbocycles. The molecule has 2 N–H and O–H groups in total. The molecule has 1 aliphatic heterocycles. The molecule has 13 heavy (non-hydrogen) atoms. The van der Waals surface area contributed by atoms with Crippen molar-refractivity contribution in [3.8, 4) is 0 Å². The van der Waals surface area contributed by atoms with Gasteiger partial charge in [-0.1, -0.05) is 0 Å². The molecular formula is C10H19N3. The van der Waals surface area contributed by atoms with Crippen LogP contribution < -0.4 is 5.73 Å². The van der Waals surface area contributed by atoms with Crippen LogP contribution in [0.15, 0.2) is 4.99 Å². The van der Waals surface area contributed by atoms with Crippen molar-refractivity contribution in [1.82, 2.24) is 4.90 Å². The van der Waals surface area contributed by atoms with Crippen LogP contribution in [-0.2, 0) is 0 Å². The number of aliphatic imine (C=N–C) groups is 1. The monoisotopic (exact) mass is 181 g/mol. The van der Waals surface area contributed by atoms with Crippen molar-refractivity contribution in [1.29, 1.82) is 0 Å². The lowest BCUT2D eigenvalue weighted by atomic mass is 9.81. The Bertz CT molecular complexity index is 202. The highest BCUT2D eigenvalue weighted by molar-refractivity contribution is 5.58. The molecule has 0 saturated heterocycles. The third-order valence-corrected chi connectivity index (χ3v) is 3.43. The summed E-state index contributed by atoms with van der Waals surface area (Å²) >= 11 is 0. The zero-order valence-electron chi connectivity index (χ0n) is 8.32. The molecule has 2 aliphatic rings. The molecule has 0 aromatic heterocycles. The molecule has 0 bridgehead atoms. The van der Waals surface area contributed by atoms with Crippen LogP contribution in [0.5, 0.6) is 0 Å². The first-order valence-electron chi connectivity index (χ1n) is 5.26. The van der Waals surface area contributed by atoms with E-state index in [-0.39, 0.29) is 0 Å². The van der Waals surface area contributed by atoms with Gasteiger partial charge in [-0.25, -0.2) is 0 Å². The summed E-state index contributed by atoms with van der Waals surface area (Å²) in [5, 5.41) is 0. The molecule has 0 radical (unpaired) electrons. The second-order valence-electron chi connectivity index (χ2n) is 4.32. The summed E-state index contributed by atoms with van der Waals surface area (Å²) < 4.78 is 0. The first-order chi connectivity index (χ1) is 6.31. The summed E-state index contributed by atoms with van der Waals surface area (Å²) in [5.74, 6) is 0.843. The quantitative estimate of drug-likeness (QED) is 0.686. The standard InChI is InChI=1S/C10H19N3/c1-13-7-12-9-3-2-8(4-5-11)6-10(9)13/h7-10H,2-6,11H2,1H3. The van der Waals surface area contributed by atoms with Gasteiger partial charge in [0.1, 0.15) is 0 Å². The van der Waals surface area contributed by atoms with Gasteiger partial charge in [-0.2, -0.15) is 0 Å². The Morgan fingerprint density at radius 1 is 1.54 bits per heavy atom. The van der Waals surface area contributed by atoms with Gasteiger partial charge in [-0.05, 0) is 38.1 Å². The Labute approximate surface area is 80.0 Å². The van der Waals surface area contributed by atoms with Crippen molar-refractivity contribution in [3.05, 3.63) is 0 Å². The van der Waals surface area contributed by atoms with E-state index in [1.165, 1.54) is 25.7 Å². The molecule has 2 rings (SSSR count). The van der Waals surface area contributed by atoms with Crippen LogP contribution in [0.2, 0.25) is 0 Å². The highest BCUT2D eigenvalue weighted by Crippen LogP contribution is 2.32. The Kier molecular flexibility index (Phi) is 2.54. The minimum absolute atomic E-state index is 0.582. The lowest BCUT2D eigenvalue weighted by Crippen LogP contribution is -2.39. The van der Waals surface area contributed by atoms with Crippen molar-refractivity contribution in [2.24, 2.45) is 16.6 Å². The van der Waals surface area contributed by atoms with Gasteiger partial charge in [-0.3, -0.25) is 4.99 Å². The van der Waals surface area contributed by atoms with E-state index in [2.05, 4.69) is 16.9 Å². The maximum absolute atomic E-state index is 5.59. The van der Waals surface area contributed by atoms with E-state index in [1.807, 2.05) is 6.34 Å². The number of hydrogen-bond donors (Lipinski definition) is 1. The number of hydrogen-bond acceptors (Lipinski definition) is 3. The van der Waals surface area contributed by atoms with Gasteiger partial charge in [-0.15, -0.1) is 0 Å². The fourth-order valence-corrected chi connectivity index (χ4v) is 2.60. The minimum atomic E-state index is 0.582. The van der Waals surface area contributed by atoms with Gasteiger partial charge in [0.05, 0.1) is 18.4 Å². The molecular weight excluding hydrogens is 162 g/mol. The van der Waals surface area contributed by atoms with E-state index in [4.69, 9.17) is 5.73 Å². The van der Waals surface area contributed by atoms with E-state index < -0.39 is 0 Å². The predicted octanol–water partition coefficient (Wildman–Crippen LogP) is 0.846. The Morgan fingerprint density at radius 3 is 3.15 bits per heavy atom. The zero-order chi connectivity index (χ0) is 9.26. The van der Waals surface area contributed by atoms with Crippen molar-refractivity contribution in [2.45, 2.75) is 37.8 Å². The van der Waals surface area contributed by atoms with Gasteiger partial charge in [0.15, 0.2) is 0 Å². The van der Waals surface area contributed by atoms with E-state index in [9.17, 15) is 0 Å². The Morgan fingerprint density at radius 2 is 2.38 bits per heavy atom. The SMILES string of the molecule is CN1C=NC2CCC(CCN)CC21. The average molecular weight is 181 g/mol. The fraction of sp³-hybridized carbons (Fsp3) is 0.900. The number of fused-ring (bicyclic) bond motifs is 1. The van der Waals surface area contributed by atoms with Gasteiger partial charge < -0.3 is 10.6 Å². The predicted molar refractivity (Wildman–Crippen MR) is 54.8 cm³/mol. The van der Waals surface area contributed by atoms with Crippen molar-refractivity contribution < 1.29 is 0 Å². The summed E-state index contributed by atoms with van der Waals surface area (Å²) in [5.41, 5.74) is 5.59. The molecule has 74 valence electrons. The second kappa shape index (κ2) is 3.66. The fourth-order valence-electron chi connectivity index (χ4n) is 2.60. The van der Waals surface area contributed by atoms with Crippen LogP contribution in [0.3, 0.4) is 0 Å². The van der Waals surface area contributed by atoms with Crippen molar-refractivity contribution >= 4 is 6.34 Å². The molecule has 0 spiro atoms. The molecule has 1 heterocycles. The highest BCUT2D eigenvalue weighted by atomic mass is 15.2. The number of nitrogens with two attached hydrogens (primary N) is 1. The molecule has 3 atom stereocenters. The smallest absolute Gasteiger partial charge is 0.0854 e. The van der Waals surface area contributed by atoms with Crippen LogP contribution >= 0.6 is 0 Å². The van der Waals surface area contributed by atoms with Gasteiger partial charge in [0.2, 0.25) is 0 Å². The summed E-state index contributed by atoms with van der Waals surface area (Å²) in [6.45, 7) is 0.840. The third-order valence-electron chi connectivity index (χ3n) is 3.43. The van der Waals surface area contributed by atoms with E-state index in [0.717, 1.165) is 12.5 Å². The highest BCUT2D eigenvalue weighted by Gasteiger charge is 2.34. The second-order valence-corrected chi connectivity index (χ2v) is 4.32. The molecule has 1 fully saturated rings. The molecule has 3 unspecified atom stereocenters. The first-order valence-corrected chi connectivity index (χ1v) is 5.26. The van der Waals surface area contributed by atoms with Gasteiger partial charge in [0, 0.05) is 7.05 Å². The lowest BCUT2D eigenvalue weighted by molar-refractivity contribution is 0.213. The minimum Gasteiger partial charge on any atom is -0.361 e. The van der Waals surface area contributed by atoms with E-state index in [0.29, 0.717) is 12.1 Å². The first kappa shape index (κ1) is 9.00. The number of likely N-dealkylation sites (N-methyl/N-ethyl adjacent to an activating group) is 1. The number of rotatable bonds is 2. The van der Waals surface area contributed by atoms with Crippen LogP contribution in [0.1, 0.15) is 25.7 Å². The summed E-state index contributed by atoms with van der Waals surface area (Å²) in [4.78, 5) is 6.77. The molecule has 0 amide bonds. The Hall–Kier alpha value is -0.570. The van der Waals surface area contributed by atoms with Crippen molar-refractivity contribution in [2.75, 3.05) is 13.6 Å². The lowest BCUT2D eigenvalue weighted by Gasteiger charge is -2.34. The summed E-state index contributed by atoms with van der Waals surface area (Å²) in [6.07, 6.45) is 7.06. The molecule has 3 nitrogen and oxygen atoms in total. The van der Waals surface area contributed by atoms with Crippen LogP contribution in [0.25, 0.3) is 0 Å². The molecule has 3 heteroatoms. The summed E-state index contributed by atoms with van der Waals surface area (Å²) in [7, 11) is 2.14. The normalized spacial score (nSPS) is 38.0. The van der Waals surface area contributed by atoms with E-state index in [1.54, 1.807) is 0 Å². The molecule has 1 aliphatic carbocycles. The Balaban J connectivity index is 1.92. The van der Waals surface area contributed by atoms with Crippen LogP contribution in [-0.4, -0.2) is 36.9 Å². The third kappa shape index (κ3) is 1.70. The van der Waals surface area contributed by atoms with Gasteiger partial charge in [0.25, 0.3) is 0 Å². The average Bonchev–Trinajstić information content (AvgIpc) is 2.49. The summed E-state index contributed by atoms with van der Waals surface area (Å²) in [6, 6.07) is 1.25. The largest absolute Gasteiger partial charge is 0.361 e. The topological polar surface area (TPSA) is 41.6 Å². The van der Waals surface area contributed by atoms with Crippen LogP contribution in [0.4, 0.5) is 0 Å². The van der Waals surface area contributed by atoms with Crippen LogP contribution in [0, 0.1) is 5.92 Å². The molecule has 0 aromatic carbocycles. The van der Waals surface area contributed by atoms with E-state index >= 15 is 0 Å². The maximum Gasteiger partial charge on any atom is 0.0854 e.